The van der Waals surface area contributed by atoms with Gasteiger partial charge >= 0.3 is 0 Å². The number of amides is 1. The first kappa shape index (κ1) is 21.7. The number of methoxy groups -OCH3 is 1. The molecule has 0 aromatic carbocycles. The number of pyridine rings is 1. The summed E-state index contributed by atoms with van der Waals surface area (Å²) in [4.78, 5) is 25.3. The summed E-state index contributed by atoms with van der Waals surface area (Å²) >= 11 is 0. The Kier molecular flexibility index (Phi) is 8.55. The Morgan fingerprint density at radius 1 is 1.33 bits per heavy atom. The highest BCUT2D eigenvalue weighted by atomic mass is 127. The third-order valence-corrected chi connectivity index (χ3v) is 4.73. The number of ether oxygens (including phenoxy) is 2. The summed E-state index contributed by atoms with van der Waals surface area (Å²) in [6.07, 6.45) is 1.58. The van der Waals surface area contributed by atoms with Crippen molar-refractivity contribution in [2.24, 2.45) is 4.99 Å². The molecule has 0 bridgehead atoms. The molecule has 2 fully saturated rings. The minimum absolute atomic E-state index is 0. The van der Waals surface area contributed by atoms with Gasteiger partial charge in [0.1, 0.15) is 6.10 Å². The van der Waals surface area contributed by atoms with Crippen LogP contribution in [0, 0.1) is 0 Å². The molecular weight excluding hydrogens is 461 g/mol. The van der Waals surface area contributed by atoms with Gasteiger partial charge in [-0.3, -0.25) is 9.79 Å². The van der Waals surface area contributed by atoms with E-state index in [1.807, 2.05) is 23.1 Å². The van der Waals surface area contributed by atoms with Gasteiger partial charge in [-0.15, -0.1) is 24.0 Å². The van der Waals surface area contributed by atoms with Gasteiger partial charge in [0.25, 0.3) is 5.91 Å². The third-order valence-electron chi connectivity index (χ3n) is 4.73. The molecule has 27 heavy (non-hydrogen) atoms. The maximum Gasteiger partial charge on any atom is 0.251 e. The standard InChI is InChI=1S/C18H27N5O3.HI/c1-19-18(20-13-14-5-3-7-16(21-14)25-2)23-10-8-22(9-11-23)17(24)15-6-4-12-26-15;/h3,5,7,15H,4,6,8-13H2,1-2H3,(H,19,20);1H. The predicted octanol–water partition coefficient (Wildman–Crippen LogP) is 1.11. The van der Waals surface area contributed by atoms with Crippen LogP contribution in [0.15, 0.2) is 23.2 Å². The quantitative estimate of drug-likeness (QED) is 0.388. The van der Waals surface area contributed by atoms with Crippen molar-refractivity contribution in [2.75, 3.05) is 46.9 Å². The summed E-state index contributed by atoms with van der Waals surface area (Å²) in [5.41, 5.74) is 0.887. The fourth-order valence-corrected chi connectivity index (χ4v) is 3.29. The monoisotopic (exact) mass is 489 g/mol. The van der Waals surface area contributed by atoms with Gasteiger partial charge in [-0.2, -0.15) is 0 Å². The number of hydrogen-bond acceptors (Lipinski definition) is 5. The molecule has 150 valence electrons. The average molecular weight is 489 g/mol. The normalized spacial score (nSPS) is 20.2. The van der Waals surface area contributed by atoms with Gasteiger partial charge < -0.3 is 24.6 Å². The fraction of sp³-hybridized carbons (Fsp3) is 0.611. The fourth-order valence-electron chi connectivity index (χ4n) is 3.29. The van der Waals surface area contributed by atoms with Crippen LogP contribution in [0.4, 0.5) is 0 Å². The van der Waals surface area contributed by atoms with E-state index < -0.39 is 0 Å². The van der Waals surface area contributed by atoms with Gasteiger partial charge in [0, 0.05) is 45.9 Å². The number of guanidine groups is 1. The average Bonchev–Trinajstić information content (AvgIpc) is 3.23. The number of nitrogens with one attached hydrogen (secondary N) is 1. The number of nitrogens with zero attached hydrogens (tertiary/aromatic N) is 4. The minimum atomic E-state index is -0.238. The van der Waals surface area contributed by atoms with E-state index in [4.69, 9.17) is 9.47 Å². The Balaban J connectivity index is 0.00000261. The van der Waals surface area contributed by atoms with Crippen LogP contribution in [-0.4, -0.2) is 79.7 Å². The summed E-state index contributed by atoms with van der Waals surface area (Å²) in [5, 5.41) is 3.34. The molecule has 2 aliphatic heterocycles. The van der Waals surface area contributed by atoms with Gasteiger partial charge in [-0.05, 0) is 18.9 Å². The zero-order chi connectivity index (χ0) is 18.4. The van der Waals surface area contributed by atoms with Crippen molar-refractivity contribution in [1.82, 2.24) is 20.1 Å². The van der Waals surface area contributed by atoms with Crippen LogP contribution in [0.5, 0.6) is 5.88 Å². The SMILES string of the molecule is CN=C(NCc1cccc(OC)n1)N1CCN(C(=O)C2CCCO2)CC1.I. The van der Waals surface area contributed by atoms with Crippen LogP contribution in [-0.2, 0) is 16.1 Å². The molecular formula is C18H28IN5O3. The van der Waals surface area contributed by atoms with Crippen molar-refractivity contribution in [2.45, 2.75) is 25.5 Å². The van der Waals surface area contributed by atoms with Crippen molar-refractivity contribution in [1.29, 1.82) is 0 Å². The molecule has 0 saturated carbocycles. The van der Waals surface area contributed by atoms with Crippen molar-refractivity contribution in [3.05, 3.63) is 23.9 Å². The Hall–Kier alpha value is -1.62. The number of aromatic nitrogens is 1. The lowest BCUT2D eigenvalue weighted by Gasteiger charge is -2.37. The second-order valence-corrected chi connectivity index (χ2v) is 6.39. The van der Waals surface area contributed by atoms with Crippen LogP contribution < -0.4 is 10.1 Å². The summed E-state index contributed by atoms with van der Waals surface area (Å²) in [6, 6.07) is 5.69. The smallest absolute Gasteiger partial charge is 0.251 e. The van der Waals surface area contributed by atoms with Gasteiger partial charge in [0.15, 0.2) is 5.96 Å². The van der Waals surface area contributed by atoms with E-state index in [0.29, 0.717) is 32.1 Å². The number of aliphatic imine (C=N–C) groups is 1. The molecule has 0 spiro atoms. The van der Waals surface area contributed by atoms with Gasteiger partial charge in [0.05, 0.1) is 19.3 Å². The first-order valence-electron chi connectivity index (χ1n) is 9.07. The zero-order valence-electron chi connectivity index (χ0n) is 15.9. The van der Waals surface area contributed by atoms with Crippen LogP contribution in [0.25, 0.3) is 0 Å². The minimum Gasteiger partial charge on any atom is -0.481 e. The van der Waals surface area contributed by atoms with Crippen molar-refractivity contribution in [3.63, 3.8) is 0 Å². The first-order chi connectivity index (χ1) is 12.7. The van der Waals surface area contributed by atoms with Crippen LogP contribution >= 0.6 is 24.0 Å². The first-order valence-corrected chi connectivity index (χ1v) is 9.07. The Labute approximate surface area is 177 Å². The topological polar surface area (TPSA) is 79.3 Å². The van der Waals surface area contributed by atoms with E-state index in [0.717, 1.165) is 37.6 Å². The molecule has 1 amide bonds. The molecule has 1 unspecified atom stereocenters. The highest BCUT2D eigenvalue weighted by molar-refractivity contribution is 14.0. The molecule has 1 atom stereocenters. The van der Waals surface area contributed by atoms with Crippen molar-refractivity contribution >= 4 is 35.8 Å². The largest absolute Gasteiger partial charge is 0.481 e. The van der Waals surface area contributed by atoms with Gasteiger partial charge in [0.2, 0.25) is 5.88 Å². The lowest BCUT2D eigenvalue weighted by Crippen LogP contribution is -2.55. The summed E-state index contributed by atoms with van der Waals surface area (Å²) in [5.74, 6) is 1.55. The maximum absolute atomic E-state index is 12.4. The Bertz CT molecular complexity index is 644. The number of rotatable bonds is 4. The molecule has 1 aromatic heterocycles. The summed E-state index contributed by atoms with van der Waals surface area (Å²) < 4.78 is 10.7. The molecule has 2 saturated heterocycles. The van der Waals surface area contributed by atoms with Crippen LogP contribution in [0.1, 0.15) is 18.5 Å². The highest BCUT2D eigenvalue weighted by Crippen LogP contribution is 2.16. The molecule has 3 heterocycles. The maximum atomic E-state index is 12.4. The molecule has 0 radical (unpaired) electrons. The number of halogens is 1. The van der Waals surface area contributed by atoms with Gasteiger partial charge in [-0.1, -0.05) is 6.07 Å². The predicted molar refractivity (Wildman–Crippen MR) is 114 cm³/mol. The second kappa shape index (κ2) is 10.6. The zero-order valence-corrected chi connectivity index (χ0v) is 18.2. The number of carbonyl (C=O) groups excluding carboxylic acids is 1. The van der Waals surface area contributed by atoms with Crippen LogP contribution in [0.3, 0.4) is 0 Å². The van der Waals surface area contributed by atoms with Gasteiger partial charge in [-0.25, -0.2) is 4.98 Å². The molecule has 1 N–H and O–H groups in total. The lowest BCUT2D eigenvalue weighted by atomic mass is 10.2. The van der Waals surface area contributed by atoms with Crippen molar-refractivity contribution < 1.29 is 14.3 Å². The Morgan fingerprint density at radius 3 is 2.70 bits per heavy atom. The van der Waals surface area contributed by atoms with Crippen LogP contribution in [0.2, 0.25) is 0 Å². The molecule has 9 heteroatoms. The third kappa shape index (κ3) is 5.68. The molecule has 0 aliphatic carbocycles. The van der Waals surface area contributed by atoms with E-state index in [-0.39, 0.29) is 36.0 Å². The molecule has 2 aliphatic rings. The van der Waals surface area contributed by atoms with E-state index >= 15 is 0 Å². The van der Waals surface area contributed by atoms with E-state index in [1.165, 1.54) is 0 Å². The van der Waals surface area contributed by atoms with E-state index in [1.54, 1.807) is 14.2 Å². The van der Waals surface area contributed by atoms with Crippen molar-refractivity contribution in [3.8, 4) is 5.88 Å². The highest BCUT2D eigenvalue weighted by Gasteiger charge is 2.30. The number of piperazine rings is 1. The summed E-state index contributed by atoms with van der Waals surface area (Å²) in [6.45, 7) is 4.16. The lowest BCUT2D eigenvalue weighted by molar-refractivity contribution is -0.142. The molecule has 3 rings (SSSR count). The summed E-state index contributed by atoms with van der Waals surface area (Å²) in [7, 11) is 3.38. The molecule has 1 aromatic rings. The Morgan fingerprint density at radius 2 is 2.07 bits per heavy atom. The number of hydrogen-bond donors (Lipinski definition) is 1. The van der Waals surface area contributed by atoms with E-state index in [2.05, 4.69) is 20.2 Å². The number of carbonyl (C=O) groups is 1. The van der Waals surface area contributed by atoms with E-state index in [9.17, 15) is 4.79 Å². The second-order valence-electron chi connectivity index (χ2n) is 6.39. The molecule has 8 nitrogen and oxygen atoms in total.